The number of halogens is 1. The van der Waals surface area contributed by atoms with Crippen molar-refractivity contribution in [1.82, 2.24) is 0 Å². The molecule has 0 amide bonds. The van der Waals surface area contributed by atoms with E-state index in [0.717, 1.165) is 22.0 Å². The molecule has 2 unspecified atom stereocenters. The van der Waals surface area contributed by atoms with Gasteiger partial charge in [0.1, 0.15) is 6.10 Å². The van der Waals surface area contributed by atoms with Gasteiger partial charge in [0, 0.05) is 3.57 Å². The van der Waals surface area contributed by atoms with Crippen LogP contribution in [0.3, 0.4) is 0 Å². The minimum absolute atomic E-state index is 0.650. The zero-order chi connectivity index (χ0) is 11.3. The first-order valence-electron chi connectivity index (χ1n) is 5.26. The molecule has 0 aliphatic carbocycles. The van der Waals surface area contributed by atoms with Crippen molar-refractivity contribution < 1.29 is 10.2 Å². The Morgan fingerprint density at radius 2 is 2.07 bits per heavy atom. The molecular formula is C12H17IO2. The Morgan fingerprint density at radius 1 is 1.33 bits per heavy atom. The topological polar surface area (TPSA) is 40.5 Å². The van der Waals surface area contributed by atoms with E-state index in [2.05, 4.69) is 29.5 Å². The highest BCUT2D eigenvalue weighted by molar-refractivity contribution is 14.1. The van der Waals surface area contributed by atoms with Crippen LogP contribution in [-0.2, 0) is 0 Å². The molecule has 0 aliphatic rings. The smallest absolute Gasteiger partial charge is 0.105 e. The second-order valence-corrected chi connectivity index (χ2v) is 4.96. The van der Waals surface area contributed by atoms with Crippen molar-refractivity contribution in [2.24, 2.45) is 0 Å². The number of aliphatic hydroxyl groups is 2. The Balaban J connectivity index is 2.62. The van der Waals surface area contributed by atoms with Gasteiger partial charge in [-0.3, -0.25) is 0 Å². The van der Waals surface area contributed by atoms with E-state index in [-0.39, 0.29) is 0 Å². The zero-order valence-corrected chi connectivity index (χ0v) is 11.0. The van der Waals surface area contributed by atoms with Gasteiger partial charge in [0.15, 0.2) is 0 Å². The second kappa shape index (κ2) is 6.45. The van der Waals surface area contributed by atoms with Crippen molar-refractivity contribution in [3.8, 4) is 0 Å². The predicted molar refractivity (Wildman–Crippen MR) is 69.7 cm³/mol. The van der Waals surface area contributed by atoms with Gasteiger partial charge in [-0.2, -0.15) is 0 Å². The van der Waals surface area contributed by atoms with Crippen molar-refractivity contribution in [2.45, 2.75) is 38.4 Å². The Labute approximate surface area is 104 Å². The quantitative estimate of drug-likeness (QED) is 0.819. The predicted octanol–water partition coefficient (Wildman–Crippen LogP) is 2.88. The molecule has 0 saturated heterocycles. The van der Waals surface area contributed by atoms with Crippen molar-refractivity contribution in [1.29, 1.82) is 0 Å². The number of hydrogen-bond donors (Lipinski definition) is 2. The van der Waals surface area contributed by atoms with Crippen molar-refractivity contribution in [2.75, 3.05) is 0 Å². The average Bonchev–Trinajstić information content (AvgIpc) is 2.24. The van der Waals surface area contributed by atoms with E-state index in [0.29, 0.717) is 6.42 Å². The van der Waals surface area contributed by atoms with Crippen LogP contribution in [0.25, 0.3) is 0 Å². The normalized spacial score (nSPS) is 14.9. The largest absolute Gasteiger partial charge is 0.390 e. The molecule has 2 N–H and O–H groups in total. The fourth-order valence-corrected chi connectivity index (χ4v) is 2.05. The summed E-state index contributed by atoms with van der Waals surface area (Å²) in [4.78, 5) is 0. The summed E-state index contributed by atoms with van der Waals surface area (Å²) in [6, 6.07) is 7.62. The van der Waals surface area contributed by atoms with Crippen LogP contribution in [0.1, 0.15) is 37.9 Å². The third kappa shape index (κ3) is 4.09. The summed E-state index contributed by atoms with van der Waals surface area (Å²) in [7, 11) is 0. The number of unbranched alkanes of at least 4 members (excludes halogenated alkanes) is 1. The van der Waals surface area contributed by atoms with Crippen LogP contribution in [0.4, 0.5) is 0 Å². The minimum atomic E-state index is -0.758. The molecule has 0 aromatic heterocycles. The summed E-state index contributed by atoms with van der Waals surface area (Å²) in [6.45, 7) is 2.07. The summed E-state index contributed by atoms with van der Waals surface area (Å²) in [5, 5.41) is 19.6. The van der Waals surface area contributed by atoms with Gasteiger partial charge in [-0.25, -0.2) is 0 Å². The van der Waals surface area contributed by atoms with E-state index in [1.165, 1.54) is 0 Å². The molecule has 1 aromatic rings. The molecule has 0 bridgehead atoms. The van der Waals surface area contributed by atoms with Crippen LogP contribution in [0.5, 0.6) is 0 Å². The Kier molecular flexibility index (Phi) is 5.56. The molecule has 15 heavy (non-hydrogen) atoms. The van der Waals surface area contributed by atoms with Crippen LogP contribution in [0.2, 0.25) is 0 Å². The molecule has 0 saturated carbocycles. The first-order chi connectivity index (χ1) is 7.15. The fourth-order valence-electron chi connectivity index (χ4n) is 1.48. The summed E-state index contributed by atoms with van der Waals surface area (Å²) in [5.74, 6) is 0. The van der Waals surface area contributed by atoms with E-state index in [1.807, 2.05) is 24.3 Å². The molecule has 0 aliphatic heterocycles. The monoisotopic (exact) mass is 320 g/mol. The van der Waals surface area contributed by atoms with E-state index < -0.39 is 12.2 Å². The van der Waals surface area contributed by atoms with Gasteiger partial charge >= 0.3 is 0 Å². The Hall–Kier alpha value is -0.130. The van der Waals surface area contributed by atoms with Crippen LogP contribution in [0, 0.1) is 3.57 Å². The highest BCUT2D eigenvalue weighted by Crippen LogP contribution is 2.21. The first kappa shape index (κ1) is 12.9. The van der Waals surface area contributed by atoms with Gasteiger partial charge < -0.3 is 10.2 Å². The number of hydrogen-bond acceptors (Lipinski definition) is 2. The number of rotatable bonds is 5. The maximum absolute atomic E-state index is 9.89. The van der Waals surface area contributed by atoms with E-state index >= 15 is 0 Å². The van der Waals surface area contributed by atoms with Gasteiger partial charge in [0.05, 0.1) is 6.10 Å². The first-order valence-corrected chi connectivity index (χ1v) is 6.34. The van der Waals surface area contributed by atoms with Crippen molar-refractivity contribution in [3.05, 3.63) is 33.4 Å². The summed E-state index contributed by atoms with van der Waals surface area (Å²) in [5.41, 5.74) is 0.797. The molecule has 1 rings (SSSR count). The molecule has 0 spiro atoms. The molecule has 2 nitrogen and oxygen atoms in total. The molecule has 3 heteroatoms. The summed E-state index contributed by atoms with van der Waals surface area (Å²) in [6.07, 6.45) is 1.23. The molecular weight excluding hydrogens is 303 g/mol. The van der Waals surface area contributed by atoms with Gasteiger partial charge in [-0.1, -0.05) is 31.9 Å². The zero-order valence-electron chi connectivity index (χ0n) is 8.86. The standard InChI is InChI=1S/C12H17IO2/c1-2-3-7-11(14)12(15)9-5-4-6-10(13)8-9/h4-6,8,11-12,14-15H,2-3,7H2,1H3. The SMILES string of the molecule is CCCCC(O)C(O)c1cccc(I)c1. The second-order valence-electron chi connectivity index (χ2n) is 3.71. The maximum atomic E-state index is 9.89. The van der Waals surface area contributed by atoms with Crippen LogP contribution in [0.15, 0.2) is 24.3 Å². The number of aliphatic hydroxyl groups excluding tert-OH is 2. The van der Waals surface area contributed by atoms with E-state index in [9.17, 15) is 10.2 Å². The average molecular weight is 320 g/mol. The highest BCUT2D eigenvalue weighted by Gasteiger charge is 2.17. The molecule has 1 aromatic carbocycles. The molecule has 0 radical (unpaired) electrons. The molecule has 0 fully saturated rings. The third-order valence-electron chi connectivity index (χ3n) is 2.41. The molecule has 2 atom stereocenters. The highest BCUT2D eigenvalue weighted by atomic mass is 127. The van der Waals surface area contributed by atoms with Crippen molar-refractivity contribution >= 4 is 22.6 Å². The molecule has 84 valence electrons. The van der Waals surface area contributed by atoms with Gasteiger partial charge in [0.25, 0.3) is 0 Å². The lowest BCUT2D eigenvalue weighted by atomic mass is 10.0. The lowest BCUT2D eigenvalue weighted by molar-refractivity contribution is 0.0122. The van der Waals surface area contributed by atoms with Crippen LogP contribution < -0.4 is 0 Å². The third-order valence-corrected chi connectivity index (χ3v) is 3.08. The van der Waals surface area contributed by atoms with Gasteiger partial charge in [-0.15, -0.1) is 0 Å². The summed E-state index contributed by atoms with van der Waals surface area (Å²) >= 11 is 2.20. The van der Waals surface area contributed by atoms with Crippen LogP contribution in [-0.4, -0.2) is 16.3 Å². The van der Waals surface area contributed by atoms with Gasteiger partial charge in [-0.05, 0) is 46.7 Å². The van der Waals surface area contributed by atoms with Gasteiger partial charge in [0.2, 0.25) is 0 Å². The maximum Gasteiger partial charge on any atom is 0.105 e. The lowest BCUT2D eigenvalue weighted by Gasteiger charge is -2.18. The van der Waals surface area contributed by atoms with Crippen molar-refractivity contribution in [3.63, 3.8) is 0 Å². The lowest BCUT2D eigenvalue weighted by Crippen LogP contribution is -2.18. The van der Waals surface area contributed by atoms with E-state index in [4.69, 9.17) is 0 Å². The van der Waals surface area contributed by atoms with E-state index in [1.54, 1.807) is 0 Å². The Morgan fingerprint density at radius 3 is 2.67 bits per heavy atom. The minimum Gasteiger partial charge on any atom is -0.390 e. The van der Waals surface area contributed by atoms with Crippen LogP contribution >= 0.6 is 22.6 Å². The summed E-state index contributed by atoms with van der Waals surface area (Å²) < 4.78 is 1.08. The molecule has 0 heterocycles. The Bertz CT molecular complexity index is 301. The fraction of sp³-hybridized carbons (Fsp3) is 0.500. The number of benzene rings is 1.